The molecule has 0 bridgehead atoms. The molecule has 3 heteroatoms. The van der Waals surface area contributed by atoms with Gasteiger partial charge in [0.1, 0.15) is 0 Å². The summed E-state index contributed by atoms with van der Waals surface area (Å²) in [5.74, 6) is 0. The van der Waals surface area contributed by atoms with Gasteiger partial charge >= 0.3 is 0 Å². The Morgan fingerprint density at radius 1 is 1.54 bits per heavy atom. The molecule has 0 fully saturated rings. The maximum absolute atomic E-state index is 4.02. The van der Waals surface area contributed by atoms with Crippen LogP contribution in [0.15, 0.2) is 10.8 Å². The van der Waals surface area contributed by atoms with Crippen LogP contribution in [0.25, 0.3) is 0 Å². The van der Waals surface area contributed by atoms with Crippen molar-refractivity contribution >= 4 is 24.4 Å². The van der Waals surface area contributed by atoms with Crippen molar-refractivity contribution in [3.63, 3.8) is 0 Å². The normalized spacial score (nSPS) is 10.1. The third-order valence-corrected chi connectivity index (χ3v) is 1.90. The van der Waals surface area contributed by atoms with Gasteiger partial charge < -0.3 is 5.32 Å². The van der Waals surface area contributed by atoms with Gasteiger partial charge in [-0.2, -0.15) is 0 Å². The van der Waals surface area contributed by atoms with E-state index >= 15 is 0 Å². The molecule has 0 aromatic rings. The van der Waals surface area contributed by atoms with Crippen molar-refractivity contribution in [1.82, 2.24) is 5.32 Å². The van der Waals surface area contributed by atoms with Crippen molar-refractivity contribution in [2.45, 2.75) is 46.4 Å². The van der Waals surface area contributed by atoms with Gasteiger partial charge in [0.05, 0.1) is 5.37 Å². The predicted molar refractivity (Wildman–Crippen MR) is 73.7 cm³/mol. The van der Waals surface area contributed by atoms with Gasteiger partial charge in [-0.1, -0.05) is 40.7 Å². The first kappa shape index (κ1) is 19.0. The van der Waals surface area contributed by atoms with Crippen molar-refractivity contribution in [2.24, 2.45) is 0 Å². The Balaban J connectivity index is -0.0000000716. The number of thioether (sulfide) groups is 1. The number of rotatable bonds is 3. The van der Waals surface area contributed by atoms with Crippen LogP contribution in [0, 0.1) is 0 Å². The minimum absolute atomic E-state index is 0. The van der Waals surface area contributed by atoms with Crippen LogP contribution in [0.4, 0.5) is 0 Å². The molecule has 84 valence electrons. The van der Waals surface area contributed by atoms with Gasteiger partial charge in [0.15, 0.2) is 0 Å². The summed E-state index contributed by atoms with van der Waals surface area (Å²) in [7, 11) is 1.91. The van der Waals surface area contributed by atoms with Crippen LogP contribution in [-0.2, 0) is 0 Å². The first-order chi connectivity index (χ1) is 6.08. The Morgan fingerprint density at radius 2 is 1.85 bits per heavy atom. The van der Waals surface area contributed by atoms with E-state index in [2.05, 4.69) is 45.3 Å². The zero-order valence-corrected chi connectivity index (χ0v) is 11.6. The van der Waals surface area contributed by atoms with Crippen molar-refractivity contribution in [3.05, 3.63) is 10.8 Å². The molecule has 0 radical (unpaired) electrons. The lowest BCUT2D eigenvalue weighted by Gasteiger charge is -2.06. The van der Waals surface area contributed by atoms with Gasteiger partial charge in [0.2, 0.25) is 0 Å². The van der Waals surface area contributed by atoms with Crippen LogP contribution in [0.3, 0.4) is 0 Å². The number of hydrogen-bond donors (Lipinski definition) is 2. The monoisotopic (exact) mass is 225 g/mol. The summed E-state index contributed by atoms with van der Waals surface area (Å²) >= 11 is 5.63. The van der Waals surface area contributed by atoms with Crippen molar-refractivity contribution < 1.29 is 1.43 Å². The van der Waals surface area contributed by atoms with Crippen molar-refractivity contribution in [1.29, 1.82) is 0 Å². The summed E-state index contributed by atoms with van der Waals surface area (Å²) in [5.41, 5.74) is 0. The zero-order chi connectivity index (χ0) is 11.3. The van der Waals surface area contributed by atoms with E-state index in [1.807, 2.05) is 20.9 Å². The lowest BCUT2D eigenvalue weighted by atomic mass is 10.6. The Bertz CT molecular complexity index is 100. The summed E-state index contributed by atoms with van der Waals surface area (Å²) in [6.07, 6.45) is 1.25. The summed E-state index contributed by atoms with van der Waals surface area (Å²) in [4.78, 5) is 0. The standard InChI is InChI=1S/C5H11NS2.C3H8.C2H6.H2/c1-4(6-3)8-5(2)7;1-3-2;1-2;/h4,6-7H,2H2,1,3H3;3H2,1-2H3;1-2H3;1H. The Kier molecular flexibility index (Phi) is 26.7. The highest BCUT2D eigenvalue weighted by Gasteiger charge is 1.95. The Morgan fingerprint density at radius 3 is 1.92 bits per heavy atom. The fourth-order valence-corrected chi connectivity index (χ4v) is 1.26. The van der Waals surface area contributed by atoms with Crippen molar-refractivity contribution in [2.75, 3.05) is 7.05 Å². The lowest BCUT2D eigenvalue weighted by molar-refractivity contribution is 0.809. The summed E-state index contributed by atoms with van der Waals surface area (Å²) in [6.45, 7) is 13.9. The second-order valence-electron chi connectivity index (χ2n) is 2.15. The Hall–Kier alpha value is 0.400. The molecule has 13 heavy (non-hydrogen) atoms. The molecule has 1 unspecified atom stereocenters. The van der Waals surface area contributed by atoms with E-state index in [0.29, 0.717) is 5.37 Å². The van der Waals surface area contributed by atoms with Crippen LogP contribution in [0.2, 0.25) is 0 Å². The van der Waals surface area contributed by atoms with Crippen LogP contribution < -0.4 is 5.32 Å². The maximum atomic E-state index is 4.02. The zero-order valence-electron chi connectivity index (χ0n) is 9.85. The van der Waals surface area contributed by atoms with Gasteiger partial charge in [-0.3, -0.25) is 0 Å². The Labute approximate surface area is 95.7 Å². The topological polar surface area (TPSA) is 12.0 Å². The predicted octanol–water partition coefficient (Wildman–Crippen LogP) is 4.37. The fourth-order valence-electron chi connectivity index (χ4n) is 0.263. The quantitative estimate of drug-likeness (QED) is 0.546. The number of hydrogen-bond acceptors (Lipinski definition) is 3. The van der Waals surface area contributed by atoms with E-state index in [-0.39, 0.29) is 1.43 Å². The molecule has 1 N–H and O–H groups in total. The third-order valence-electron chi connectivity index (χ3n) is 0.719. The highest BCUT2D eigenvalue weighted by molar-refractivity contribution is 8.15. The molecule has 0 heterocycles. The molecule has 0 amide bonds. The fraction of sp³-hybridized carbons (Fsp3) is 0.800. The minimum Gasteiger partial charge on any atom is -0.308 e. The van der Waals surface area contributed by atoms with Gasteiger partial charge in [-0.15, -0.1) is 24.4 Å². The van der Waals surface area contributed by atoms with E-state index in [9.17, 15) is 0 Å². The molecule has 1 nitrogen and oxygen atoms in total. The van der Waals surface area contributed by atoms with Crippen LogP contribution in [-0.4, -0.2) is 12.4 Å². The van der Waals surface area contributed by atoms with Gasteiger partial charge in [-0.25, -0.2) is 0 Å². The SMILES string of the molecule is C=C(S)SC(C)NC.CC.CCC.[HH]. The third kappa shape index (κ3) is 32.7. The molecule has 0 saturated heterocycles. The number of thiol groups is 1. The first-order valence-corrected chi connectivity index (χ1v) is 6.12. The molecule has 0 aliphatic rings. The highest BCUT2D eigenvalue weighted by Crippen LogP contribution is 2.19. The van der Waals surface area contributed by atoms with Crippen LogP contribution >= 0.6 is 24.4 Å². The van der Waals surface area contributed by atoms with Gasteiger partial charge in [0, 0.05) is 5.66 Å². The molecule has 0 spiro atoms. The molecule has 0 aliphatic heterocycles. The molecule has 1 atom stereocenters. The minimum atomic E-state index is 0. The molecular formula is C10H27NS2. The average molecular weight is 225 g/mol. The first-order valence-electron chi connectivity index (χ1n) is 4.80. The summed E-state index contributed by atoms with van der Waals surface area (Å²) in [5, 5.41) is 3.47. The molecule has 0 rings (SSSR count). The maximum Gasteiger partial charge on any atom is 0.0553 e. The van der Waals surface area contributed by atoms with Gasteiger partial charge in [0.25, 0.3) is 0 Å². The largest absolute Gasteiger partial charge is 0.308 e. The van der Waals surface area contributed by atoms with E-state index in [1.165, 1.54) is 6.42 Å². The molecule has 0 aliphatic carbocycles. The summed E-state index contributed by atoms with van der Waals surface area (Å²) in [6, 6.07) is 0. The van der Waals surface area contributed by atoms with E-state index < -0.39 is 0 Å². The van der Waals surface area contributed by atoms with Gasteiger partial charge in [-0.05, 0) is 14.0 Å². The summed E-state index contributed by atoms with van der Waals surface area (Å²) < 4.78 is 0.854. The smallest absolute Gasteiger partial charge is 0.0553 e. The number of nitrogens with one attached hydrogen (secondary N) is 1. The van der Waals surface area contributed by atoms with E-state index in [4.69, 9.17) is 0 Å². The molecule has 0 aromatic heterocycles. The second kappa shape index (κ2) is 18.2. The second-order valence-corrected chi connectivity index (χ2v) is 4.43. The van der Waals surface area contributed by atoms with Crippen molar-refractivity contribution in [3.8, 4) is 0 Å². The highest BCUT2D eigenvalue weighted by atomic mass is 32.2. The van der Waals surface area contributed by atoms with E-state index in [1.54, 1.807) is 11.8 Å². The van der Waals surface area contributed by atoms with E-state index in [0.717, 1.165) is 4.24 Å². The average Bonchev–Trinajstić information content (AvgIpc) is 2.08. The molecular weight excluding hydrogens is 198 g/mol. The van der Waals surface area contributed by atoms with Crippen LogP contribution in [0.1, 0.15) is 42.5 Å². The lowest BCUT2D eigenvalue weighted by Crippen LogP contribution is -2.16. The van der Waals surface area contributed by atoms with Crippen LogP contribution in [0.5, 0.6) is 0 Å². The molecule has 0 aromatic carbocycles. The molecule has 0 saturated carbocycles.